The van der Waals surface area contributed by atoms with Crippen LogP contribution in [0.25, 0.3) is 0 Å². The van der Waals surface area contributed by atoms with Gasteiger partial charge in [-0.3, -0.25) is 4.79 Å². The molecule has 1 aliphatic carbocycles. The van der Waals surface area contributed by atoms with Gasteiger partial charge in [0.25, 0.3) is 0 Å². The fourth-order valence-electron chi connectivity index (χ4n) is 2.22. The summed E-state index contributed by atoms with van der Waals surface area (Å²) in [5.74, 6) is -1.28. The SMILES string of the molecule is CCC(C)C(NC(=O)CC1(OC)CCC1)C(=O)O. The van der Waals surface area contributed by atoms with Crippen LogP contribution in [0.15, 0.2) is 0 Å². The Morgan fingerprint density at radius 2 is 2.06 bits per heavy atom. The first-order chi connectivity index (χ1) is 8.44. The molecule has 0 saturated heterocycles. The zero-order valence-electron chi connectivity index (χ0n) is 11.4. The predicted molar refractivity (Wildman–Crippen MR) is 67.2 cm³/mol. The number of aliphatic carboxylic acids is 1. The predicted octanol–water partition coefficient (Wildman–Crippen LogP) is 1.56. The van der Waals surface area contributed by atoms with Gasteiger partial charge in [0.15, 0.2) is 0 Å². The molecule has 1 aliphatic rings. The Balaban J connectivity index is 2.53. The van der Waals surface area contributed by atoms with Crippen molar-refractivity contribution in [2.45, 2.75) is 57.6 Å². The van der Waals surface area contributed by atoms with E-state index in [1.54, 1.807) is 7.11 Å². The van der Waals surface area contributed by atoms with Gasteiger partial charge in [-0.05, 0) is 25.2 Å². The standard InChI is InChI=1S/C13H23NO4/c1-4-9(2)11(12(16)17)14-10(15)8-13(18-3)6-5-7-13/h9,11H,4-8H2,1-3H3,(H,14,15)(H,16,17). The number of ether oxygens (including phenoxy) is 1. The van der Waals surface area contributed by atoms with Crippen LogP contribution in [0.4, 0.5) is 0 Å². The quantitative estimate of drug-likeness (QED) is 0.725. The highest BCUT2D eigenvalue weighted by atomic mass is 16.5. The first kappa shape index (κ1) is 15.0. The Hall–Kier alpha value is -1.10. The lowest BCUT2D eigenvalue weighted by atomic mass is 9.77. The first-order valence-corrected chi connectivity index (χ1v) is 6.51. The van der Waals surface area contributed by atoms with Crippen LogP contribution in [0.3, 0.4) is 0 Å². The number of carbonyl (C=O) groups is 2. The van der Waals surface area contributed by atoms with E-state index in [4.69, 9.17) is 9.84 Å². The molecule has 0 spiro atoms. The molecule has 2 atom stereocenters. The fraction of sp³-hybridized carbons (Fsp3) is 0.846. The zero-order chi connectivity index (χ0) is 13.8. The molecule has 18 heavy (non-hydrogen) atoms. The molecule has 0 aromatic rings. The van der Waals surface area contributed by atoms with Crippen LogP contribution >= 0.6 is 0 Å². The van der Waals surface area contributed by atoms with E-state index in [1.807, 2.05) is 13.8 Å². The van der Waals surface area contributed by atoms with E-state index in [2.05, 4.69) is 5.32 Å². The topological polar surface area (TPSA) is 75.6 Å². The van der Waals surface area contributed by atoms with Crippen molar-refractivity contribution in [3.05, 3.63) is 0 Å². The second kappa shape index (κ2) is 6.18. The molecular formula is C13H23NO4. The molecule has 0 radical (unpaired) electrons. The molecule has 5 nitrogen and oxygen atoms in total. The highest BCUT2D eigenvalue weighted by Crippen LogP contribution is 2.37. The third-order valence-electron chi connectivity index (χ3n) is 3.98. The lowest BCUT2D eigenvalue weighted by Crippen LogP contribution is -2.49. The number of carboxylic acids is 1. The Kier molecular flexibility index (Phi) is 5.14. The van der Waals surface area contributed by atoms with Gasteiger partial charge in [0, 0.05) is 7.11 Å². The van der Waals surface area contributed by atoms with Crippen molar-refractivity contribution < 1.29 is 19.4 Å². The van der Waals surface area contributed by atoms with Gasteiger partial charge in [0.2, 0.25) is 5.91 Å². The van der Waals surface area contributed by atoms with Crippen LogP contribution in [-0.2, 0) is 14.3 Å². The third kappa shape index (κ3) is 3.45. The molecule has 2 N–H and O–H groups in total. The Morgan fingerprint density at radius 1 is 1.44 bits per heavy atom. The van der Waals surface area contributed by atoms with Gasteiger partial charge in [-0.25, -0.2) is 4.79 Å². The van der Waals surface area contributed by atoms with Crippen LogP contribution in [0.5, 0.6) is 0 Å². The molecule has 0 heterocycles. The number of methoxy groups -OCH3 is 1. The average Bonchev–Trinajstić information content (AvgIpc) is 2.29. The minimum Gasteiger partial charge on any atom is -0.480 e. The summed E-state index contributed by atoms with van der Waals surface area (Å²) in [7, 11) is 1.61. The van der Waals surface area contributed by atoms with Gasteiger partial charge in [-0.1, -0.05) is 20.3 Å². The molecular weight excluding hydrogens is 234 g/mol. The summed E-state index contributed by atoms with van der Waals surface area (Å²) >= 11 is 0. The normalized spacial score (nSPS) is 20.6. The van der Waals surface area contributed by atoms with E-state index in [0.717, 1.165) is 19.3 Å². The Labute approximate surface area is 108 Å². The molecule has 2 unspecified atom stereocenters. The largest absolute Gasteiger partial charge is 0.480 e. The van der Waals surface area contributed by atoms with E-state index in [0.29, 0.717) is 6.42 Å². The maximum absolute atomic E-state index is 11.9. The summed E-state index contributed by atoms with van der Waals surface area (Å²) in [5.41, 5.74) is -0.359. The second-order valence-corrected chi connectivity index (χ2v) is 5.19. The van der Waals surface area contributed by atoms with Gasteiger partial charge in [0.1, 0.15) is 6.04 Å². The third-order valence-corrected chi connectivity index (χ3v) is 3.98. The lowest BCUT2D eigenvalue weighted by Gasteiger charge is -2.40. The molecule has 0 aliphatic heterocycles. The van der Waals surface area contributed by atoms with Crippen LogP contribution in [-0.4, -0.2) is 35.7 Å². The van der Waals surface area contributed by atoms with E-state index < -0.39 is 12.0 Å². The summed E-state index contributed by atoms with van der Waals surface area (Å²) in [5, 5.41) is 11.7. The van der Waals surface area contributed by atoms with E-state index in [9.17, 15) is 9.59 Å². The van der Waals surface area contributed by atoms with Gasteiger partial charge in [0.05, 0.1) is 12.0 Å². The number of rotatable bonds is 7. The van der Waals surface area contributed by atoms with Crippen molar-refractivity contribution in [2.24, 2.45) is 5.92 Å². The highest BCUT2D eigenvalue weighted by Gasteiger charge is 2.39. The van der Waals surface area contributed by atoms with E-state index in [1.165, 1.54) is 0 Å². The van der Waals surface area contributed by atoms with Gasteiger partial charge in [-0.15, -0.1) is 0 Å². The number of hydrogen-bond donors (Lipinski definition) is 2. The number of carbonyl (C=O) groups excluding carboxylic acids is 1. The number of nitrogens with one attached hydrogen (secondary N) is 1. The monoisotopic (exact) mass is 257 g/mol. The number of hydrogen-bond acceptors (Lipinski definition) is 3. The van der Waals surface area contributed by atoms with Gasteiger partial charge < -0.3 is 15.2 Å². The van der Waals surface area contributed by atoms with Crippen LogP contribution in [0, 0.1) is 5.92 Å². The summed E-state index contributed by atoms with van der Waals surface area (Å²) in [4.78, 5) is 23.0. The minimum atomic E-state index is -0.974. The molecule has 1 rings (SSSR count). The van der Waals surface area contributed by atoms with Crippen LogP contribution < -0.4 is 5.32 Å². The highest BCUT2D eigenvalue weighted by molar-refractivity contribution is 5.84. The van der Waals surface area contributed by atoms with Crippen molar-refractivity contribution in [1.82, 2.24) is 5.32 Å². The molecule has 1 fully saturated rings. The van der Waals surface area contributed by atoms with Crippen molar-refractivity contribution in [3.8, 4) is 0 Å². The fourth-order valence-corrected chi connectivity index (χ4v) is 2.22. The summed E-state index contributed by atoms with van der Waals surface area (Å²) in [6.45, 7) is 3.74. The summed E-state index contributed by atoms with van der Waals surface area (Å²) in [6.07, 6.45) is 3.78. The first-order valence-electron chi connectivity index (χ1n) is 6.51. The molecule has 1 saturated carbocycles. The smallest absolute Gasteiger partial charge is 0.326 e. The Morgan fingerprint density at radius 3 is 2.39 bits per heavy atom. The number of amides is 1. The minimum absolute atomic E-state index is 0.0775. The Bertz CT molecular complexity index is 307. The van der Waals surface area contributed by atoms with Crippen LogP contribution in [0.2, 0.25) is 0 Å². The lowest BCUT2D eigenvalue weighted by molar-refractivity contribution is -0.146. The zero-order valence-corrected chi connectivity index (χ0v) is 11.4. The van der Waals surface area contributed by atoms with Crippen molar-refractivity contribution in [1.29, 1.82) is 0 Å². The maximum atomic E-state index is 11.9. The van der Waals surface area contributed by atoms with Crippen LogP contribution in [0.1, 0.15) is 46.0 Å². The van der Waals surface area contributed by atoms with Gasteiger partial charge in [-0.2, -0.15) is 0 Å². The summed E-state index contributed by atoms with van der Waals surface area (Å²) < 4.78 is 5.37. The molecule has 0 aromatic carbocycles. The molecule has 104 valence electrons. The molecule has 1 amide bonds. The maximum Gasteiger partial charge on any atom is 0.326 e. The second-order valence-electron chi connectivity index (χ2n) is 5.19. The van der Waals surface area contributed by atoms with Crippen molar-refractivity contribution >= 4 is 11.9 Å². The van der Waals surface area contributed by atoms with Crippen molar-refractivity contribution in [2.75, 3.05) is 7.11 Å². The number of carboxylic acid groups (broad SMARTS) is 1. The van der Waals surface area contributed by atoms with E-state index in [-0.39, 0.29) is 23.8 Å². The average molecular weight is 257 g/mol. The van der Waals surface area contributed by atoms with Crippen molar-refractivity contribution in [3.63, 3.8) is 0 Å². The molecule has 0 bridgehead atoms. The molecule has 5 heteroatoms. The molecule has 0 aromatic heterocycles. The van der Waals surface area contributed by atoms with Gasteiger partial charge >= 0.3 is 5.97 Å². The summed E-state index contributed by atoms with van der Waals surface area (Å²) in [6, 6.07) is -0.809. The van der Waals surface area contributed by atoms with E-state index >= 15 is 0 Å².